The van der Waals surface area contributed by atoms with E-state index in [4.69, 9.17) is 5.73 Å². The number of unbranched alkanes of at least 4 members (excludes halogenated alkanes) is 4. The van der Waals surface area contributed by atoms with Crippen molar-refractivity contribution < 1.29 is 23.1 Å². The number of pyridine rings is 1. The number of hydrogen-bond donors (Lipinski definition) is 3. The fourth-order valence-corrected chi connectivity index (χ4v) is 3.53. The van der Waals surface area contributed by atoms with E-state index in [1.54, 1.807) is 0 Å². The molecule has 0 aliphatic heterocycles. The molecular weight excluding hydrogens is 423 g/mol. The number of aromatic nitrogens is 1. The number of hydrogen-bond acceptors (Lipinski definition) is 4. The minimum atomic E-state index is -1.54. The number of aromatic carboxylic acids is 1. The molecule has 0 amide bonds. The number of benzene rings is 2. The molecule has 1 heterocycles. The normalized spacial score (nSPS) is 11.1. The van der Waals surface area contributed by atoms with Gasteiger partial charge in [0, 0.05) is 24.2 Å². The highest BCUT2D eigenvalue weighted by molar-refractivity contribution is 5.94. The molecule has 0 unspecified atom stereocenters. The lowest BCUT2D eigenvalue weighted by Crippen LogP contribution is -2.19. The number of carbonyl (C=O) groups is 1. The van der Waals surface area contributed by atoms with Crippen molar-refractivity contribution in [3.63, 3.8) is 0 Å². The number of fused-ring (bicyclic) bond motifs is 1. The summed E-state index contributed by atoms with van der Waals surface area (Å²) >= 11 is 0. The highest BCUT2D eigenvalue weighted by Crippen LogP contribution is 2.26. The molecule has 170 valence electrons. The third-order valence-electron chi connectivity index (χ3n) is 5.19. The topological polar surface area (TPSA) is 97.3 Å². The molecule has 1 aromatic heterocycles. The quantitative estimate of drug-likeness (QED) is 0.400. The van der Waals surface area contributed by atoms with Gasteiger partial charge in [0.1, 0.15) is 23.0 Å². The fourth-order valence-electron chi connectivity index (χ4n) is 3.53. The lowest BCUT2D eigenvalue weighted by Gasteiger charge is -2.16. The van der Waals surface area contributed by atoms with Crippen LogP contribution in [0.5, 0.6) is 0 Å². The van der Waals surface area contributed by atoms with Gasteiger partial charge in [-0.3, -0.25) is 4.79 Å². The van der Waals surface area contributed by atoms with Crippen LogP contribution in [0.1, 0.15) is 42.5 Å². The van der Waals surface area contributed by atoms with Crippen LogP contribution in [0.3, 0.4) is 0 Å². The number of nitrogens with zero attached hydrogens (tertiary/aromatic N) is 1. The van der Waals surface area contributed by atoms with Crippen LogP contribution >= 0.6 is 0 Å². The molecule has 0 aliphatic carbocycles. The Bertz CT molecular complexity index is 1190. The largest absolute Gasteiger partial charge is 0.477 e. The predicted octanol–water partition coefficient (Wildman–Crippen LogP) is 4.43. The van der Waals surface area contributed by atoms with Crippen molar-refractivity contribution in [2.24, 2.45) is 5.73 Å². The number of nitrogens with two attached hydrogens (primary N) is 1. The molecule has 0 spiro atoms. The Labute approximate surface area is 182 Å². The van der Waals surface area contributed by atoms with Crippen LogP contribution in [0.15, 0.2) is 41.3 Å². The highest BCUT2D eigenvalue weighted by atomic mass is 19.1. The van der Waals surface area contributed by atoms with E-state index >= 15 is 0 Å². The van der Waals surface area contributed by atoms with Crippen molar-refractivity contribution in [2.45, 2.75) is 32.1 Å². The zero-order valence-corrected chi connectivity index (χ0v) is 17.3. The van der Waals surface area contributed by atoms with Gasteiger partial charge in [0.25, 0.3) is 0 Å². The highest BCUT2D eigenvalue weighted by Gasteiger charge is 2.19. The van der Waals surface area contributed by atoms with E-state index in [0.717, 1.165) is 61.1 Å². The zero-order valence-electron chi connectivity index (χ0n) is 17.3. The van der Waals surface area contributed by atoms with Crippen molar-refractivity contribution in [3.05, 3.63) is 69.8 Å². The summed E-state index contributed by atoms with van der Waals surface area (Å²) in [7, 11) is 0. The molecule has 32 heavy (non-hydrogen) atoms. The predicted molar refractivity (Wildman–Crippen MR) is 117 cm³/mol. The summed E-state index contributed by atoms with van der Waals surface area (Å²) in [6, 6.07) is 5.04. The van der Waals surface area contributed by atoms with Crippen molar-refractivity contribution >= 4 is 22.6 Å². The maximum atomic E-state index is 14.7. The smallest absolute Gasteiger partial charge is 0.341 e. The first-order valence-electron chi connectivity index (χ1n) is 10.3. The van der Waals surface area contributed by atoms with E-state index < -0.39 is 34.4 Å². The second-order valence-corrected chi connectivity index (χ2v) is 7.48. The Morgan fingerprint density at radius 1 is 1.00 bits per heavy atom. The summed E-state index contributed by atoms with van der Waals surface area (Å²) < 4.78 is 43.6. The van der Waals surface area contributed by atoms with Gasteiger partial charge in [0.15, 0.2) is 0 Å². The second kappa shape index (κ2) is 10.3. The average Bonchev–Trinajstić information content (AvgIpc) is 2.74. The van der Waals surface area contributed by atoms with E-state index in [0.29, 0.717) is 19.2 Å². The van der Waals surface area contributed by atoms with Crippen molar-refractivity contribution in [3.8, 4) is 5.69 Å². The zero-order chi connectivity index (χ0) is 23.3. The van der Waals surface area contributed by atoms with Gasteiger partial charge in [0.05, 0.1) is 16.9 Å². The van der Waals surface area contributed by atoms with Crippen LogP contribution in [-0.4, -0.2) is 28.7 Å². The number of carboxylic acids is 1. The van der Waals surface area contributed by atoms with E-state index in [-0.39, 0.29) is 22.3 Å². The van der Waals surface area contributed by atoms with Gasteiger partial charge in [0.2, 0.25) is 5.43 Å². The minimum absolute atomic E-state index is 0.0948. The first kappa shape index (κ1) is 23.3. The molecule has 6 nitrogen and oxygen atoms in total. The Morgan fingerprint density at radius 3 is 2.41 bits per heavy atom. The molecule has 0 bridgehead atoms. The molecule has 0 saturated heterocycles. The summed E-state index contributed by atoms with van der Waals surface area (Å²) in [5.41, 5.74) is 3.94. The van der Waals surface area contributed by atoms with E-state index in [1.165, 1.54) is 6.07 Å². The Morgan fingerprint density at radius 2 is 1.72 bits per heavy atom. The van der Waals surface area contributed by atoms with Crippen LogP contribution < -0.4 is 16.5 Å². The van der Waals surface area contributed by atoms with Gasteiger partial charge in [-0.25, -0.2) is 18.0 Å². The third kappa shape index (κ3) is 5.11. The van der Waals surface area contributed by atoms with E-state index in [1.807, 2.05) is 0 Å². The lowest BCUT2D eigenvalue weighted by molar-refractivity contribution is 0.0695. The van der Waals surface area contributed by atoms with Crippen molar-refractivity contribution in [1.82, 2.24) is 4.57 Å². The van der Waals surface area contributed by atoms with Gasteiger partial charge in [-0.1, -0.05) is 19.3 Å². The lowest BCUT2D eigenvalue weighted by atomic mass is 10.1. The number of halogens is 3. The summed E-state index contributed by atoms with van der Waals surface area (Å²) in [5, 5.41) is 12.1. The number of rotatable bonds is 10. The number of nitrogens with one attached hydrogen (secondary N) is 1. The standard InChI is InChI=1S/C23H24F3N3O3/c24-14-6-7-20(18(26)10-14)29-13-16(23(31)32)22(30)15-11-17(25)19(12-21(15)29)28-9-5-3-1-2-4-8-27/h6-7,10-13,28H,1-5,8-9,27H2,(H,31,32). The molecule has 0 atom stereocenters. The monoisotopic (exact) mass is 447 g/mol. The summed E-state index contributed by atoms with van der Waals surface area (Å²) in [6.07, 6.45) is 5.70. The second-order valence-electron chi connectivity index (χ2n) is 7.48. The summed E-state index contributed by atoms with van der Waals surface area (Å²) in [6.45, 7) is 1.13. The van der Waals surface area contributed by atoms with Gasteiger partial charge in [-0.05, 0) is 43.7 Å². The van der Waals surface area contributed by atoms with Gasteiger partial charge >= 0.3 is 5.97 Å². The molecule has 2 aromatic carbocycles. The molecule has 4 N–H and O–H groups in total. The minimum Gasteiger partial charge on any atom is -0.477 e. The Kier molecular flexibility index (Phi) is 7.53. The van der Waals surface area contributed by atoms with Crippen molar-refractivity contribution in [2.75, 3.05) is 18.4 Å². The Hall–Kier alpha value is -3.33. The average molecular weight is 447 g/mol. The van der Waals surface area contributed by atoms with E-state index in [2.05, 4.69) is 5.32 Å². The molecule has 3 aromatic rings. The van der Waals surface area contributed by atoms with Gasteiger partial charge in [-0.15, -0.1) is 0 Å². The number of anilines is 1. The maximum Gasteiger partial charge on any atom is 0.341 e. The van der Waals surface area contributed by atoms with Crippen LogP contribution in [-0.2, 0) is 0 Å². The van der Waals surface area contributed by atoms with Gasteiger partial charge in [-0.2, -0.15) is 0 Å². The van der Waals surface area contributed by atoms with Crippen LogP contribution in [0.25, 0.3) is 16.6 Å². The number of carboxylic acid groups (broad SMARTS) is 1. The maximum absolute atomic E-state index is 14.7. The first-order chi connectivity index (χ1) is 15.3. The first-order valence-corrected chi connectivity index (χ1v) is 10.3. The fraction of sp³-hybridized carbons (Fsp3) is 0.304. The molecule has 0 fully saturated rings. The molecule has 0 radical (unpaired) electrons. The molecule has 9 heteroatoms. The summed E-state index contributed by atoms with van der Waals surface area (Å²) in [4.78, 5) is 24.1. The SMILES string of the molecule is NCCCCCCCNc1cc2c(cc1F)c(=O)c(C(=O)O)cn2-c1ccc(F)cc1F. The van der Waals surface area contributed by atoms with Crippen LogP contribution in [0, 0.1) is 17.5 Å². The van der Waals surface area contributed by atoms with E-state index in [9.17, 15) is 27.9 Å². The van der Waals surface area contributed by atoms with Gasteiger partial charge < -0.3 is 20.7 Å². The molecule has 3 rings (SSSR count). The van der Waals surface area contributed by atoms with Crippen LogP contribution in [0.4, 0.5) is 18.9 Å². The van der Waals surface area contributed by atoms with Crippen LogP contribution in [0.2, 0.25) is 0 Å². The molecule has 0 aliphatic rings. The van der Waals surface area contributed by atoms with Crippen molar-refractivity contribution in [1.29, 1.82) is 0 Å². The molecular formula is C23H24F3N3O3. The Balaban J connectivity index is 2.01. The summed E-state index contributed by atoms with van der Waals surface area (Å²) in [5.74, 6) is -4.03. The third-order valence-corrected chi connectivity index (χ3v) is 5.19. The molecule has 0 saturated carbocycles.